The minimum absolute atomic E-state index is 0.0117. The fourth-order valence-electron chi connectivity index (χ4n) is 1.73. The zero-order valence-corrected chi connectivity index (χ0v) is 11.7. The lowest BCUT2D eigenvalue weighted by molar-refractivity contribution is -0.136. The summed E-state index contributed by atoms with van der Waals surface area (Å²) in [6, 6.07) is 8.03. The van der Waals surface area contributed by atoms with E-state index in [2.05, 4.69) is 4.98 Å². The smallest absolute Gasteiger partial charge is 0.308 e. The van der Waals surface area contributed by atoms with Crippen LogP contribution < -0.4 is 0 Å². The molecule has 2 rings (SSSR count). The molecule has 1 N–H and O–H groups in total. The third-order valence-electron chi connectivity index (χ3n) is 2.67. The zero-order valence-electron chi connectivity index (χ0n) is 10.8. The Labute approximate surface area is 115 Å². The molecule has 0 unspecified atom stereocenters. The highest BCUT2D eigenvalue weighted by Gasteiger charge is 2.14. The van der Waals surface area contributed by atoms with Crippen molar-refractivity contribution in [3.05, 3.63) is 40.4 Å². The average Bonchev–Trinajstić information content (AvgIpc) is 2.73. The van der Waals surface area contributed by atoms with Crippen molar-refractivity contribution in [1.29, 1.82) is 0 Å². The molecule has 0 spiro atoms. The number of carboxylic acids is 1. The largest absolute Gasteiger partial charge is 0.481 e. The van der Waals surface area contributed by atoms with Crippen LogP contribution in [0.25, 0.3) is 10.6 Å². The van der Waals surface area contributed by atoms with Crippen LogP contribution in [0.1, 0.15) is 16.1 Å². The molecule has 1 heterocycles. The Balaban J connectivity index is 2.35. The predicted octanol–water partition coefficient (Wildman–Crippen LogP) is 2.89. The molecule has 0 saturated carbocycles. The van der Waals surface area contributed by atoms with Gasteiger partial charge >= 0.3 is 5.97 Å². The molecule has 100 valence electrons. The Morgan fingerprint density at radius 2 is 2.05 bits per heavy atom. The van der Waals surface area contributed by atoms with Gasteiger partial charge in [0, 0.05) is 17.6 Å². The van der Waals surface area contributed by atoms with E-state index in [1.165, 1.54) is 16.9 Å². The Bertz CT molecular complexity index is 575. The van der Waals surface area contributed by atoms with E-state index in [0.717, 1.165) is 15.4 Å². The second-order valence-electron chi connectivity index (χ2n) is 4.26. The number of carbonyl (C=O) groups is 1. The molecule has 5 heteroatoms. The van der Waals surface area contributed by atoms with Crippen LogP contribution in [0.3, 0.4) is 0 Å². The van der Waals surface area contributed by atoms with Gasteiger partial charge in [-0.3, -0.25) is 4.79 Å². The normalized spacial score (nSPS) is 10.6. The van der Waals surface area contributed by atoms with E-state index in [1.54, 1.807) is 7.11 Å². The highest BCUT2D eigenvalue weighted by atomic mass is 32.1. The Hall–Kier alpha value is -1.72. The van der Waals surface area contributed by atoms with Crippen molar-refractivity contribution < 1.29 is 14.6 Å². The molecular weight excluding hydrogens is 262 g/mol. The molecule has 0 aliphatic heterocycles. The number of hydrogen-bond donors (Lipinski definition) is 1. The van der Waals surface area contributed by atoms with Crippen LogP contribution in [0, 0.1) is 6.92 Å². The van der Waals surface area contributed by atoms with Gasteiger partial charge in [0.05, 0.1) is 18.7 Å². The summed E-state index contributed by atoms with van der Waals surface area (Å²) in [4.78, 5) is 16.1. The highest BCUT2D eigenvalue weighted by molar-refractivity contribution is 7.15. The molecule has 2 aromatic rings. The Kier molecular flexibility index (Phi) is 4.29. The summed E-state index contributed by atoms with van der Waals surface area (Å²) in [5.74, 6) is -0.851. The molecule has 4 nitrogen and oxygen atoms in total. The number of ether oxygens (including phenoxy) is 1. The average molecular weight is 277 g/mol. The zero-order chi connectivity index (χ0) is 13.8. The van der Waals surface area contributed by atoms with Crippen LogP contribution in [0.2, 0.25) is 0 Å². The molecular formula is C14H15NO3S. The van der Waals surface area contributed by atoms with Gasteiger partial charge in [-0.2, -0.15) is 0 Å². The van der Waals surface area contributed by atoms with Crippen molar-refractivity contribution in [3.63, 3.8) is 0 Å². The summed E-state index contributed by atoms with van der Waals surface area (Å²) >= 11 is 1.41. The topological polar surface area (TPSA) is 59.4 Å². The van der Waals surface area contributed by atoms with E-state index in [0.29, 0.717) is 12.3 Å². The van der Waals surface area contributed by atoms with Crippen molar-refractivity contribution in [1.82, 2.24) is 4.98 Å². The summed E-state index contributed by atoms with van der Waals surface area (Å²) in [5, 5.41) is 9.75. The van der Waals surface area contributed by atoms with Crippen LogP contribution >= 0.6 is 11.3 Å². The molecule has 0 amide bonds. The molecule has 0 radical (unpaired) electrons. The fourth-order valence-corrected chi connectivity index (χ4v) is 2.79. The van der Waals surface area contributed by atoms with Gasteiger partial charge in [0.15, 0.2) is 0 Å². The molecule has 0 fully saturated rings. The minimum atomic E-state index is -0.851. The maximum Gasteiger partial charge on any atom is 0.308 e. The lowest BCUT2D eigenvalue weighted by Crippen LogP contribution is -2.01. The second kappa shape index (κ2) is 5.95. The predicted molar refractivity (Wildman–Crippen MR) is 74.3 cm³/mol. The lowest BCUT2D eigenvalue weighted by atomic mass is 10.2. The van der Waals surface area contributed by atoms with E-state index in [-0.39, 0.29) is 6.42 Å². The molecule has 0 saturated heterocycles. The number of benzene rings is 1. The van der Waals surface area contributed by atoms with Gasteiger partial charge in [0.1, 0.15) is 5.01 Å². The van der Waals surface area contributed by atoms with Gasteiger partial charge in [-0.25, -0.2) is 4.98 Å². The SMILES string of the molecule is COCc1nc(-c2ccc(C)cc2)sc1CC(=O)O. The first kappa shape index (κ1) is 13.7. The van der Waals surface area contributed by atoms with Crippen LogP contribution in [0.5, 0.6) is 0 Å². The number of nitrogens with zero attached hydrogens (tertiary/aromatic N) is 1. The first-order valence-corrected chi connectivity index (χ1v) is 6.68. The van der Waals surface area contributed by atoms with Crippen LogP contribution in [-0.4, -0.2) is 23.2 Å². The summed E-state index contributed by atoms with van der Waals surface area (Å²) < 4.78 is 5.07. The number of aliphatic carboxylic acids is 1. The molecule has 0 atom stereocenters. The van der Waals surface area contributed by atoms with Gasteiger partial charge < -0.3 is 9.84 Å². The number of aryl methyl sites for hydroxylation is 1. The number of carboxylic acid groups (broad SMARTS) is 1. The second-order valence-corrected chi connectivity index (χ2v) is 5.34. The van der Waals surface area contributed by atoms with Gasteiger partial charge in [-0.15, -0.1) is 11.3 Å². The van der Waals surface area contributed by atoms with Crippen LogP contribution in [0.4, 0.5) is 0 Å². The van der Waals surface area contributed by atoms with Crippen molar-refractivity contribution in [2.24, 2.45) is 0 Å². The highest BCUT2D eigenvalue weighted by Crippen LogP contribution is 2.29. The first-order chi connectivity index (χ1) is 9.10. The van der Waals surface area contributed by atoms with Crippen molar-refractivity contribution in [3.8, 4) is 10.6 Å². The third kappa shape index (κ3) is 3.39. The van der Waals surface area contributed by atoms with E-state index in [9.17, 15) is 4.79 Å². The fraction of sp³-hybridized carbons (Fsp3) is 0.286. The van der Waals surface area contributed by atoms with Crippen molar-refractivity contribution in [2.45, 2.75) is 20.0 Å². The van der Waals surface area contributed by atoms with Gasteiger partial charge in [0.2, 0.25) is 0 Å². The number of thiazole rings is 1. The Morgan fingerprint density at radius 3 is 2.63 bits per heavy atom. The number of aromatic nitrogens is 1. The first-order valence-electron chi connectivity index (χ1n) is 5.86. The van der Waals surface area contributed by atoms with E-state index in [1.807, 2.05) is 31.2 Å². The number of methoxy groups -OCH3 is 1. The van der Waals surface area contributed by atoms with Crippen molar-refractivity contribution in [2.75, 3.05) is 7.11 Å². The molecule has 0 aliphatic rings. The molecule has 0 bridgehead atoms. The monoisotopic (exact) mass is 277 g/mol. The summed E-state index contributed by atoms with van der Waals surface area (Å²) in [6.45, 7) is 2.36. The van der Waals surface area contributed by atoms with Gasteiger partial charge in [0.25, 0.3) is 0 Å². The van der Waals surface area contributed by atoms with E-state index in [4.69, 9.17) is 9.84 Å². The third-order valence-corrected chi connectivity index (χ3v) is 3.82. The maximum absolute atomic E-state index is 10.9. The molecule has 1 aromatic heterocycles. The summed E-state index contributed by atoms with van der Waals surface area (Å²) in [5.41, 5.74) is 2.90. The van der Waals surface area contributed by atoms with E-state index < -0.39 is 5.97 Å². The van der Waals surface area contributed by atoms with Crippen LogP contribution in [0.15, 0.2) is 24.3 Å². The number of hydrogen-bond acceptors (Lipinski definition) is 4. The molecule has 19 heavy (non-hydrogen) atoms. The molecule has 1 aromatic carbocycles. The van der Waals surface area contributed by atoms with E-state index >= 15 is 0 Å². The standard InChI is InChI=1S/C14H15NO3S/c1-9-3-5-10(6-4-9)14-15-11(8-18-2)12(19-14)7-13(16)17/h3-6H,7-8H2,1-2H3,(H,16,17). The quantitative estimate of drug-likeness (QED) is 0.913. The van der Waals surface area contributed by atoms with Gasteiger partial charge in [-0.05, 0) is 6.92 Å². The van der Waals surface area contributed by atoms with Crippen LogP contribution in [-0.2, 0) is 22.6 Å². The lowest BCUT2D eigenvalue weighted by Gasteiger charge is -1.97. The van der Waals surface area contributed by atoms with Crippen molar-refractivity contribution >= 4 is 17.3 Å². The summed E-state index contributed by atoms with van der Waals surface area (Å²) in [7, 11) is 1.58. The Morgan fingerprint density at radius 1 is 1.37 bits per heavy atom. The molecule has 0 aliphatic carbocycles. The van der Waals surface area contributed by atoms with Gasteiger partial charge in [-0.1, -0.05) is 29.8 Å². The number of rotatable bonds is 5. The summed E-state index contributed by atoms with van der Waals surface area (Å²) in [6.07, 6.45) is -0.0117. The minimum Gasteiger partial charge on any atom is -0.481 e. The maximum atomic E-state index is 10.9.